The molecule has 0 saturated heterocycles. The number of fused-ring (bicyclic) bond motifs is 1. The molecule has 3 aromatic heterocycles. The molecule has 0 atom stereocenters. The number of amides is 1. The zero-order valence-corrected chi connectivity index (χ0v) is 22.5. The Bertz CT molecular complexity index is 1610. The molecule has 0 aliphatic carbocycles. The molecular formula is C28H30N4O7. The zero-order chi connectivity index (χ0) is 28.3. The van der Waals surface area contributed by atoms with Crippen molar-refractivity contribution in [3.63, 3.8) is 0 Å². The van der Waals surface area contributed by atoms with Gasteiger partial charge in [-0.2, -0.15) is 5.10 Å². The first-order valence-corrected chi connectivity index (χ1v) is 12.6. The first-order chi connectivity index (χ1) is 18.7. The van der Waals surface area contributed by atoms with Gasteiger partial charge < -0.3 is 13.9 Å². The highest BCUT2D eigenvalue weighted by Gasteiger charge is 2.31. The quantitative estimate of drug-likeness (QED) is 0.317. The number of carbonyl (C=O) groups excluding carboxylic acids is 3. The molecular weight excluding hydrogens is 504 g/mol. The van der Waals surface area contributed by atoms with Gasteiger partial charge in [0.2, 0.25) is 11.8 Å². The van der Waals surface area contributed by atoms with E-state index >= 15 is 0 Å². The summed E-state index contributed by atoms with van der Waals surface area (Å²) in [6.45, 7) is 8.63. The molecule has 0 spiro atoms. The van der Waals surface area contributed by atoms with E-state index in [2.05, 4.69) is 10.4 Å². The molecule has 3 heterocycles. The number of rotatable bonds is 9. The summed E-state index contributed by atoms with van der Waals surface area (Å²) in [4.78, 5) is 51.3. The van der Waals surface area contributed by atoms with Gasteiger partial charge >= 0.3 is 11.9 Å². The fraction of sp³-hybridized carbons (Fsp3) is 0.321. The van der Waals surface area contributed by atoms with Crippen molar-refractivity contribution in [1.82, 2.24) is 14.3 Å². The third-order valence-corrected chi connectivity index (χ3v) is 6.15. The van der Waals surface area contributed by atoms with E-state index in [0.29, 0.717) is 5.65 Å². The van der Waals surface area contributed by atoms with Crippen LogP contribution in [0.4, 0.5) is 5.88 Å². The van der Waals surface area contributed by atoms with Crippen molar-refractivity contribution in [2.75, 3.05) is 18.5 Å². The third-order valence-electron chi connectivity index (χ3n) is 6.15. The Balaban J connectivity index is 1.67. The fourth-order valence-electron chi connectivity index (χ4n) is 4.51. The maximum atomic E-state index is 13.1. The lowest BCUT2D eigenvalue weighted by molar-refractivity contribution is -0.116. The van der Waals surface area contributed by atoms with Gasteiger partial charge in [0.15, 0.2) is 0 Å². The van der Waals surface area contributed by atoms with Crippen LogP contribution in [0.25, 0.3) is 16.7 Å². The van der Waals surface area contributed by atoms with Crippen LogP contribution in [0.3, 0.4) is 0 Å². The topological polar surface area (TPSA) is 135 Å². The number of aromatic nitrogens is 3. The molecule has 1 aromatic carbocycles. The van der Waals surface area contributed by atoms with Gasteiger partial charge in [-0.25, -0.2) is 14.3 Å². The van der Waals surface area contributed by atoms with Crippen LogP contribution in [-0.4, -0.2) is 45.4 Å². The standard InChI is InChI=1S/C28H30N4O7/c1-6-37-27(35)23-18(5)39-25(24(23)28(36)38-7-2)29-20(33)13-14-31-21(34)15-16(3)22-17(4)30-32(26(22)31)19-11-9-8-10-12-19/h8-12,15H,6-7,13-14H2,1-5H3,(H,29,33). The number of carbonyl (C=O) groups is 3. The number of hydrogen-bond acceptors (Lipinski definition) is 8. The number of pyridine rings is 1. The van der Waals surface area contributed by atoms with Gasteiger partial charge in [0.05, 0.1) is 24.6 Å². The number of hydrogen-bond donors (Lipinski definition) is 1. The Morgan fingerprint density at radius 2 is 1.62 bits per heavy atom. The van der Waals surface area contributed by atoms with Crippen LogP contribution in [0.1, 0.15) is 58.0 Å². The molecule has 0 saturated carbocycles. The Morgan fingerprint density at radius 1 is 0.974 bits per heavy atom. The highest BCUT2D eigenvalue weighted by atomic mass is 16.5. The van der Waals surface area contributed by atoms with Crippen molar-refractivity contribution in [3.05, 3.63) is 74.9 Å². The second-order valence-corrected chi connectivity index (χ2v) is 8.83. The first-order valence-electron chi connectivity index (χ1n) is 12.6. The van der Waals surface area contributed by atoms with Crippen molar-refractivity contribution >= 4 is 34.8 Å². The molecule has 204 valence electrons. The van der Waals surface area contributed by atoms with Crippen LogP contribution in [0, 0.1) is 20.8 Å². The molecule has 39 heavy (non-hydrogen) atoms. The van der Waals surface area contributed by atoms with Crippen molar-refractivity contribution < 1.29 is 28.3 Å². The highest BCUT2D eigenvalue weighted by molar-refractivity contribution is 6.09. The minimum atomic E-state index is -0.827. The average Bonchev–Trinajstić information content (AvgIpc) is 3.41. The van der Waals surface area contributed by atoms with Crippen LogP contribution in [0.2, 0.25) is 0 Å². The summed E-state index contributed by atoms with van der Waals surface area (Å²) in [5, 5.41) is 8.04. The van der Waals surface area contributed by atoms with E-state index in [4.69, 9.17) is 13.9 Å². The number of anilines is 1. The number of nitrogens with one attached hydrogen (secondary N) is 1. The molecule has 4 aromatic rings. The van der Waals surface area contributed by atoms with E-state index in [1.54, 1.807) is 18.5 Å². The molecule has 0 radical (unpaired) electrons. The average molecular weight is 535 g/mol. The summed E-state index contributed by atoms with van der Waals surface area (Å²) < 4.78 is 18.9. The van der Waals surface area contributed by atoms with Gasteiger partial charge in [-0.05, 0) is 52.3 Å². The molecule has 0 aliphatic heterocycles. The maximum Gasteiger partial charge on any atom is 0.344 e. The second-order valence-electron chi connectivity index (χ2n) is 8.83. The van der Waals surface area contributed by atoms with Crippen molar-refractivity contribution in [2.24, 2.45) is 0 Å². The van der Waals surface area contributed by atoms with E-state index in [9.17, 15) is 19.2 Å². The molecule has 4 rings (SSSR count). The molecule has 0 fully saturated rings. The first kappa shape index (κ1) is 27.4. The Hall–Kier alpha value is -4.67. The number of benzene rings is 1. The van der Waals surface area contributed by atoms with Crippen LogP contribution in [0.15, 0.2) is 45.6 Å². The Kier molecular flexibility index (Phi) is 7.99. The molecule has 1 N–H and O–H groups in total. The fourth-order valence-corrected chi connectivity index (χ4v) is 4.51. The van der Waals surface area contributed by atoms with E-state index in [-0.39, 0.29) is 54.5 Å². The van der Waals surface area contributed by atoms with Crippen molar-refractivity contribution in [3.8, 4) is 5.69 Å². The lowest BCUT2D eigenvalue weighted by Gasteiger charge is -2.12. The highest BCUT2D eigenvalue weighted by Crippen LogP contribution is 2.29. The predicted octanol–water partition coefficient (Wildman–Crippen LogP) is 4.09. The number of ether oxygens (including phenoxy) is 2. The number of esters is 2. The molecule has 11 nitrogen and oxygen atoms in total. The van der Waals surface area contributed by atoms with E-state index in [1.807, 2.05) is 44.2 Å². The lowest BCUT2D eigenvalue weighted by Crippen LogP contribution is -2.25. The normalized spacial score (nSPS) is 11.0. The van der Waals surface area contributed by atoms with Gasteiger partial charge in [0.25, 0.3) is 5.56 Å². The molecule has 0 bridgehead atoms. The van der Waals surface area contributed by atoms with Crippen LogP contribution in [0.5, 0.6) is 0 Å². The third kappa shape index (κ3) is 5.33. The number of nitrogens with zero attached hydrogens (tertiary/aromatic N) is 3. The van der Waals surface area contributed by atoms with Crippen LogP contribution < -0.4 is 10.9 Å². The van der Waals surface area contributed by atoms with Gasteiger partial charge in [-0.1, -0.05) is 18.2 Å². The summed E-state index contributed by atoms with van der Waals surface area (Å²) >= 11 is 0. The van der Waals surface area contributed by atoms with Gasteiger partial charge in [-0.15, -0.1) is 0 Å². The second kappa shape index (κ2) is 11.4. The van der Waals surface area contributed by atoms with E-state index in [0.717, 1.165) is 22.3 Å². The van der Waals surface area contributed by atoms with Gasteiger partial charge in [0.1, 0.15) is 22.5 Å². The van der Waals surface area contributed by atoms with Crippen molar-refractivity contribution in [2.45, 2.75) is 47.6 Å². The molecule has 0 aliphatic rings. The minimum absolute atomic E-state index is 0.0264. The number of furan rings is 1. The summed E-state index contributed by atoms with van der Waals surface area (Å²) in [5.41, 5.74) is 2.28. The number of para-hydroxylation sites is 1. The monoisotopic (exact) mass is 534 g/mol. The predicted molar refractivity (Wildman–Crippen MR) is 143 cm³/mol. The zero-order valence-electron chi connectivity index (χ0n) is 22.5. The van der Waals surface area contributed by atoms with Gasteiger partial charge in [-0.3, -0.25) is 19.5 Å². The SMILES string of the molecule is CCOC(=O)c1c(C)oc(NC(=O)CCn2c(=O)cc(C)c3c(C)nn(-c4ccccc4)c32)c1C(=O)OCC. The smallest absolute Gasteiger partial charge is 0.344 e. The van der Waals surface area contributed by atoms with E-state index < -0.39 is 17.8 Å². The van der Waals surface area contributed by atoms with Crippen LogP contribution in [-0.2, 0) is 20.8 Å². The molecule has 0 unspecified atom stereocenters. The summed E-state index contributed by atoms with van der Waals surface area (Å²) in [7, 11) is 0. The van der Waals surface area contributed by atoms with E-state index in [1.165, 1.54) is 17.6 Å². The maximum absolute atomic E-state index is 13.1. The largest absolute Gasteiger partial charge is 0.462 e. The molecule has 11 heteroatoms. The minimum Gasteiger partial charge on any atom is -0.462 e. The lowest BCUT2D eigenvalue weighted by atomic mass is 10.1. The Labute approximate surface area is 224 Å². The number of aryl methyl sites for hydroxylation is 4. The Morgan fingerprint density at radius 3 is 2.26 bits per heavy atom. The van der Waals surface area contributed by atoms with Gasteiger partial charge in [0, 0.05) is 24.4 Å². The van der Waals surface area contributed by atoms with Crippen molar-refractivity contribution in [1.29, 1.82) is 0 Å². The van der Waals surface area contributed by atoms with Crippen LogP contribution >= 0.6 is 0 Å². The summed E-state index contributed by atoms with van der Waals surface area (Å²) in [6, 6.07) is 10.9. The summed E-state index contributed by atoms with van der Waals surface area (Å²) in [5.74, 6) is -2.24. The summed E-state index contributed by atoms with van der Waals surface area (Å²) in [6.07, 6.45) is -0.131. The molecule has 1 amide bonds.